The van der Waals surface area contributed by atoms with Gasteiger partial charge in [0.05, 0.1) is 11.2 Å². The van der Waals surface area contributed by atoms with Crippen LogP contribution in [0.25, 0.3) is 5.52 Å². The summed E-state index contributed by atoms with van der Waals surface area (Å²) in [6.07, 6.45) is -3.14. The minimum absolute atomic E-state index is 0.0103. The molecular formula is C9H8F3N3. The molecule has 80 valence electrons. The first-order valence-corrected chi connectivity index (χ1v) is 4.27. The average Bonchev–Trinajstić information content (AvgIpc) is 2.55. The highest BCUT2D eigenvalue weighted by Crippen LogP contribution is 2.29. The third kappa shape index (κ3) is 1.56. The lowest BCUT2D eigenvalue weighted by atomic mass is 10.3. The smallest absolute Gasteiger partial charge is 0.325 e. The molecule has 2 aromatic rings. The maximum absolute atomic E-state index is 12.5. The second-order valence-electron chi connectivity index (χ2n) is 3.04. The number of imidazole rings is 1. The van der Waals surface area contributed by atoms with E-state index in [1.165, 1.54) is 12.3 Å². The Labute approximate surface area is 83.3 Å². The van der Waals surface area contributed by atoms with Gasteiger partial charge in [0.1, 0.15) is 0 Å². The molecule has 0 aliphatic carbocycles. The van der Waals surface area contributed by atoms with Gasteiger partial charge in [0.25, 0.3) is 0 Å². The van der Waals surface area contributed by atoms with Crippen LogP contribution in [-0.2, 0) is 12.7 Å². The maximum Gasteiger partial charge on any atom is 0.450 e. The summed E-state index contributed by atoms with van der Waals surface area (Å²) in [7, 11) is 0. The molecule has 0 saturated heterocycles. The number of alkyl halides is 3. The van der Waals surface area contributed by atoms with Crippen molar-refractivity contribution < 1.29 is 13.2 Å². The van der Waals surface area contributed by atoms with Gasteiger partial charge in [-0.3, -0.25) is 4.40 Å². The molecule has 0 spiro atoms. The van der Waals surface area contributed by atoms with Gasteiger partial charge >= 0.3 is 6.18 Å². The monoisotopic (exact) mass is 215 g/mol. The van der Waals surface area contributed by atoms with Gasteiger partial charge in [-0.1, -0.05) is 6.07 Å². The van der Waals surface area contributed by atoms with Crippen molar-refractivity contribution in [2.24, 2.45) is 5.73 Å². The summed E-state index contributed by atoms with van der Waals surface area (Å²) in [6, 6.07) is 4.73. The molecule has 0 saturated carbocycles. The molecule has 0 bridgehead atoms. The number of hydrogen-bond acceptors (Lipinski definition) is 2. The van der Waals surface area contributed by atoms with Gasteiger partial charge in [0, 0.05) is 12.7 Å². The van der Waals surface area contributed by atoms with Crippen molar-refractivity contribution in [2.75, 3.05) is 0 Å². The van der Waals surface area contributed by atoms with E-state index in [0.717, 1.165) is 4.40 Å². The van der Waals surface area contributed by atoms with Crippen molar-refractivity contribution in [2.45, 2.75) is 12.7 Å². The fourth-order valence-electron chi connectivity index (χ4n) is 1.45. The van der Waals surface area contributed by atoms with Gasteiger partial charge in [-0.2, -0.15) is 13.2 Å². The number of halogens is 3. The van der Waals surface area contributed by atoms with Crippen LogP contribution >= 0.6 is 0 Å². The Balaban J connectivity index is 2.76. The first-order chi connectivity index (χ1) is 7.04. The highest BCUT2D eigenvalue weighted by Gasteiger charge is 2.36. The molecule has 0 amide bonds. The molecule has 6 heteroatoms. The highest BCUT2D eigenvalue weighted by molar-refractivity contribution is 5.53. The molecular weight excluding hydrogens is 207 g/mol. The SMILES string of the molecule is NCc1nc(C(F)(F)F)n2ccccc12. The summed E-state index contributed by atoms with van der Waals surface area (Å²) in [5.41, 5.74) is 5.98. The van der Waals surface area contributed by atoms with E-state index in [-0.39, 0.29) is 12.2 Å². The minimum Gasteiger partial charge on any atom is -0.325 e. The molecule has 2 heterocycles. The van der Waals surface area contributed by atoms with Crippen LogP contribution in [0.5, 0.6) is 0 Å². The summed E-state index contributed by atoms with van der Waals surface area (Å²) < 4.78 is 38.6. The van der Waals surface area contributed by atoms with Crippen molar-refractivity contribution in [1.82, 2.24) is 9.38 Å². The molecule has 2 aromatic heterocycles. The molecule has 0 aliphatic rings. The summed E-state index contributed by atoms with van der Waals surface area (Å²) in [6.45, 7) is -0.0103. The van der Waals surface area contributed by atoms with E-state index in [4.69, 9.17) is 5.73 Å². The summed E-state index contributed by atoms with van der Waals surface area (Å²) in [4.78, 5) is 3.49. The molecule has 2 rings (SSSR count). The number of rotatable bonds is 1. The van der Waals surface area contributed by atoms with Crippen LogP contribution in [0.3, 0.4) is 0 Å². The van der Waals surface area contributed by atoms with Gasteiger partial charge in [0.2, 0.25) is 5.82 Å². The van der Waals surface area contributed by atoms with Crippen LogP contribution in [-0.4, -0.2) is 9.38 Å². The Morgan fingerprint density at radius 3 is 2.67 bits per heavy atom. The molecule has 0 radical (unpaired) electrons. The van der Waals surface area contributed by atoms with Crippen LogP contribution in [0.15, 0.2) is 24.4 Å². The third-order valence-electron chi connectivity index (χ3n) is 2.07. The molecule has 15 heavy (non-hydrogen) atoms. The van der Waals surface area contributed by atoms with Crippen LogP contribution < -0.4 is 5.73 Å². The second-order valence-corrected chi connectivity index (χ2v) is 3.04. The lowest BCUT2D eigenvalue weighted by molar-refractivity contribution is -0.145. The standard InChI is InChI=1S/C9H8F3N3/c10-9(11,12)8-14-6(5-13)7-3-1-2-4-15(7)8/h1-4H,5,13H2. The van der Waals surface area contributed by atoms with Gasteiger partial charge in [-0.15, -0.1) is 0 Å². The van der Waals surface area contributed by atoms with Crippen molar-refractivity contribution in [3.05, 3.63) is 35.9 Å². The fraction of sp³-hybridized carbons (Fsp3) is 0.222. The number of aromatic nitrogens is 2. The third-order valence-corrected chi connectivity index (χ3v) is 2.07. The summed E-state index contributed by atoms with van der Waals surface area (Å²) in [5.74, 6) is -0.932. The summed E-state index contributed by atoms with van der Waals surface area (Å²) in [5, 5.41) is 0. The first kappa shape index (κ1) is 9.97. The predicted octanol–water partition coefficient (Wildman–Crippen LogP) is 1.81. The predicted molar refractivity (Wildman–Crippen MR) is 48.1 cm³/mol. The normalized spacial score (nSPS) is 12.3. The Morgan fingerprint density at radius 1 is 1.33 bits per heavy atom. The second kappa shape index (κ2) is 3.23. The van der Waals surface area contributed by atoms with E-state index in [0.29, 0.717) is 5.52 Å². The van der Waals surface area contributed by atoms with Crippen molar-refractivity contribution in [1.29, 1.82) is 0 Å². The lowest BCUT2D eigenvalue weighted by Gasteiger charge is -2.03. The Kier molecular flexibility index (Phi) is 2.15. The fourth-order valence-corrected chi connectivity index (χ4v) is 1.45. The molecule has 3 nitrogen and oxygen atoms in total. The quantitative estimate of drug-likeness (QED) is 0.788. The van der Waals surface area contributed by atoms with E-state index < -0.39 is 12.0 Å². The summed E-state index contributed by atoms with van der Waals surface area (Å²) >= 11 is 0. The van der Waals surface area contributed by atoms with E-state index in [1.54, 1.807) is 12.1 Å². The Hall–Kier alpha value is -1.56. The van der Waals surface area contributed by atoms with Crippen LogP contribution in [0.2, 0.25) is 0 Å². The van der Waals surface area contributed by atoms with E-state index >= 15 is 0 Å². The van der Waals surface area contributed by atoms with E-state index in [1.807, 2.05) is 0 Å². The van der Waals surface area contributed by atoms with E-state index in [9.17, 15) is 13.2 Å². The first-order valence-electron chi connectivity index (χ1n) is 4.27. The zero-order valence-corrected chi connectivity index (χ0v) is 7.62. The van der Waals surface area contributed by atoms with Gasteiger partial charge in [-0.25, -0.2) is 4.98 Å². The van der Waals surface area contributed by atoms with Gasteiger partial charge in [-0.05, 0) is 12.1 Å². The van der Waals surface area contributed by atoms with Crippen LogP contribution in [0, 0.1) is 0 Å². The van der Waals surface area contributed by atoms with Crippen molar-refractivity contribution in [3.8, 4) is 0 Å². The zero-order valence-electron chi connectivity index (χ0n) is 7.62. The average molecular weight is 215 g/mol. The number of nitrogens with zero attached hydrogens (tertiary/aromatic N) is 2. The molecule has 0 unspecified atom stereocenters. The number of fused-ring (bicyclic) bond motifs is 1. The van der Waals surface area contributed by atoms with Gasteiger partial charge in [0.15, 0.2) is 0 Å². The largest absolute Gasteiger partial charge is 0.450 e. The van der Waals surface area contributed by atoms with Crippen LogP contribution in [0.1, 0.15) is 11.5 Å². The van der Waals surface area contributed by atoms with E-state index in [2.05, 4.69) is 4.98 Å². The number of pyridine rings is 1. The number of nitrogens with two attached hydrogens (primary N) is 1. The van der Waals surface area contributed by atoms with Gasteiger partial charge < -0.3 is 5.73 Å². The molecule has 0 fully saturated rings. The molecule has 0 aromatic carbocycles. The molecule has 0 aliphatic heterocycles. The lowest BCUT2D eigenvalue weighted by Crippen LogP contribution is -2.10. The minimum atomic E-state index is -4.46. The topological polar surface area (TPSA) is 43.3 Å². The highest BCUT2D eigenvalue weighted by atomic mass is 19.4. The Bertz CT molecular complexity index is 487. The molecule has 0 atom stereocenters. The van der Waals surface area contributed by atoms with Crippen molar-refractivity contribution in [3.63, 3.8) is 0 Å². The zero-order chi connectivity index (χ0) is 11.1. The van der Waals surface area contributed by atoms with Crippen LogP contribution in [0.4, 0.5) is 13.2 Å². The maximum atomic E-state index is 12.5. The molecule has 2 N–H and O–H groups in total. The number of hydrogen-bond donors (Lipinski definition) is 1. The van der Waals surface area contributed by atoms with Crippen molar-refractivity contribution >= 4 is 5.52 Å². The Morgan fingerprint density at radius 2 is 2.07 bits per heavy atom.